The summed E-state index contributed by atoms with van der Waals surface area (Å²) in [5.74, 6) is 0.222. The maximum Gasteiger partial charge on any atom is 0.220 e. The van der Waals surface area contributed by atoms with Crippen LogP contribution in [-0.4, -0.2) is 45.8 Å². The Morgan fingerprint density at radius 2 is 2.11 bits per heavy atom. The number of likely N-dealkylation sites (tertiary alicyclic amines) is 1. The van der Waals surface area contributed by atoms with E-state index < -0.39 is 0 Å². The molecule has 104 valence electrons. The first-order valence-electron chi connectivity index (χ1n) is 6.87. The number of halogens is 1. The van der Waals surface area contributed by atoms with Crippen LogP contribution in [0.5, 0.6) is 0 Å². The number of aromatic nitrogens is 2. The molecule has 0 saturated carbocycles. The number of amides is 1. The van der Waals surface area contributed by atoms with Crippen molar-refractivity contribution in [3.8, 4) is 0 Å². The third-order valence-electron chi connectivity index (χ3n) is 4.30. The van der Waals surface area contributed by atoms with E-state index in [0.717, 1.165) is 45.4 Å². The van der Waals surface area contributed by atoms with E-state index in [1.165, 1.54) is 0 Å². The zero-order chi connectivity index (χ0) is 13.3. The van der Waals surface area contributed by atoms with Crippen molar-refractivity contribution in [3.63, 3.8) is 0 Å². The molecule has 0 unspecified atom stereocenters. The predicted octanol–water partition coefficient (Wildman–Crippen LogP) is 1.28. The van der Waals surface area contributed by atoms with Crippen molar-refractivity contribution in [1.82, 2.24) is 20.0 Å². The normalized spacial score (nSPS) is 22.9. The minimum Gasteiger partial charge on any atom is -0.351 e. The fourth-order valence-corrected chi connectivity index (χ4v) is 3.21. The van der Waals surface area contributed by atoms with Crippen molar-refractivity contribution in [2.24, 2.45) is 0 Å². The predicted molar refractivity (Wildman–Crippen MR) is 73.0 cm³/mol. The van der Waals surface area contributed by atoms with Gasteiger partial charge in [-0.25, -0.2) is 0 Å². The summed E-state index contributed by atoms with van der Waals surface area (Å²) in [5, 5.41) is 8.03. The topological polar surface area (TPSA) is 50.2 Å². The summed E-state index contributed by atoms with van der Waals surface area (Å²) in [6.07, 6.45) is 7.36. The average Bonchev–Trinajstić information content (AvgIpc) is 2.96. The highest BCUT2D eigenvalue weighted by molar-refractivity contribution is 6.30. The molecule has 2 aliphatic heterocycles. The van der Waals surface area contributed by atoms with E-state index in [1.807, 2.05) is 10.9 Å². The molecule has 1 amide bonds. The van der Waals surface area contributed by atoms with Gasteiger partial charge in [0.25, 0.3) is 0 Å². The van der Waals surface area contributed by atoms with E-state index >= 15 is 0 Å². The Balaban J connectivity index is 1.47. The van der Waals surface area contributed by atoms with Gasteiger partial charge < -0.3 is 10.2 Å². The molecular formula is C13H19ClN4O. The lowest BCUT2D eigenvalue weighted by Gasteiger charge is -2.39. The molecule has 0 radical (unpaired) electrons. The number of carbonyl (C=O) groups is 1. The van der Waals surface area contributed by atoms with Gasteiger partial charge in [0.05, 0.1) is 17.8 Å². The van der Waals surface area contributed by atoms with E-state index in [1.54, 1.807) is 6.20 Å². The highest BCUT2D eigenvalue weighted by Gasteiger charge is 2.39. The first-order valence-corrected chi connectivity index (χ1v) is 7.24. The van der Waals surface area contributed by atoms with Crippen LogP contribution >= 0.6 is 11.6 Å². The van der Waals surface area contributed by atoms with Crippen LogP contribution in [0.2, 0.25) is 5.02 Å². The Kier molecular flexibility index (Phi) is 3.50. The van der Waals surface area contributed by atoms with Gasteiger partial charge in [0.2, 0.25) is 5.91 Å². The van der Waals surface area contributed by atoms with Gasteiger partial charge >= 0.3 is 0 Å². The molecule has 6 heteroatoms. The molecule has 0 bridgehead atoms. The number of nitrogens with one attached hydrogen (secondary N) is 1. The second-order valence-corrected chi connectivity index (χ2v) is 6.03. The van der Waals surface area contributed by atoms with Crippen LogP contribution in [0.1, 0.15) is 25.7 Å². The Morgan fingerprint density at radius 1 is 1.32 bits per heavy atom. The molecule has 1 aromatic heterocycles. The van der Waals surface area contributed by atoms with Crippen LogP contribution in [0.4, 0.5) is 0 Å². The van der Waals surface area contributed by atoms with E-state index in [2.05, 4.69) is 15.3 Å². The van der Waals surface area contributed by atoms with Crippen molar-refractivity contribution in [3.05, 3.63) is 17.4 Å². The van der Waals surface area contributed by atoms with Gasteiger partial charge in [-0.1, -0.05) is 11.6 Å². The molecule has 1 aromatic rings. The van der Waals surface area contributed by atoms with E-state index in [4.69, 9.17) is 11.6 Å². The average molecular weight is 283 g/mol. The molecule has 2 saturated heterocycles. The molecule has 3 heterocycles. The fraction of sp³-hybridized carbons (Fsp3) is 0.692. The molecule has 2 fully saturated rings. The second-order valence-electron chi connectivity index (χ2n) is 5.59. The summed E-state index contributed by atoms with van der Waals surface area (Å²) in [7, 11) is 0. The lowest BCUT2D eigenvalue weighted by Crippen LogP contribution is -2.51. The van der Waals surface area contributed by atoms with Gasteiger partial charge in [-0.15, -0.1) is 0 Å². The van der Waals surface area contributed by atoms with Crippen molar-refractivity contribution < 1.29 is 4.79 Å². The van der Waals surface area contributed by atoms with Crippen molar-refractivity contribution >= 4 is 17.5 Å². The van der Waals surface area contributed by atoms with Crippen LogP contribution in [0.25, 0.3) is 0 Å². The standard InChI is InChI=1S/C13H19ClN4O/c14-11-9-15-18(10-11)8-7-17-5-3-13(4-6-17)2-1-12(19)16-13/h9-10H,1-8H2,(H,16,19). The first kappa shape index (κ1) is 12.9. The third-order valence-corrected chi connectivity index (χ3v) is 4.49. The number of nitrogens with zero attached hydrogens (tertiary/aromatic N) is 3. The molecule has 3 rings (SSSR count). The lowest BCUT2D eigenvalue weighted by molar-refractivity contribution is -0.120. The second kappa shape index (κ2) is 5.13. The molecule has 0 aromatic carbocycles. The fourth-order valence-electron chi connectivity index (χ4n) is 3.06. The Labute approximate surface area is 117 Å². The minimum absolute atomic E-state index is 0.0998. The largest absolute Gasteiger partial charge is 0.351 e. The number of piperidine rings is 1. The zero-order valence-electron chi connectivity index (χ0n) is 10.9. The lowest BCUT2D eigenvalue weighted by atomic mass is 9.86. The van der Waals surface area contributed by atoms with E-state index in [-0.39, 0.29) is 11.4 Å². The molecule has 19 heavy (non-hydrogen) atoms. The van der Waals surface area contributed by atoms with Gasteiger partial charge in [-0.05, 0) is 19.3 Å². The number of rotatable bonds is 3. The number of hydrogen-bond donors (Lipinski definition) is 1. The summed E-state index contributed by atoms with van der Waals surface area (Å²) < 4.78 is 1.88. The summed E-state index contributed by atoms with van der Waals surface area (Å²) in [5.41, 5.74) is 0.0998. The monoisotopic (exact) mass is 282 g/mol. The van der Waals surface area contributed by atoms with Crippen molar-refractivity contribution in [2.45, 2.75) is 37.8 Å². The Hall–Kier alpha value is -1.07. The first-order chi connectivity index (χ1) is 9.15. The minimum atomic E-state index is 0.0998. The van der Waals surface area contributed by atoms with Crippen LogP contribution < -0.4 is 5.32 Å². The molecule has 2 aliphatic rings. The van der Waals surface area contributed by atoms with Crippen LogP contribution in [0, 0.1) is 0 Å². The molecule has 1 spiro atoms. The summed E-state index contributed by atoms with van der Waals surface area (Å²) >= 11 is 5.84. The maximum absolute atomic E-state index is 11.4. The SMILES string of the molecule is O=C1CCC2(CCN(CCn3cc(Cl)cn3)CC2)N1. The Bertz CT molecular complexity index is 465. The number of carbonyl (C=O) groups excluding carboxylic acids is 1. The van der Waals surface area contributed by atoms with Crippen molar-refractivity contribution in [2.75, 3.05) is 19.6 Å². The molecule has 0 aliphatic carbocycles. The summed E-state index contributed by atoms with van der Waals surface area (Å²) in [6, 6.07) is 0. The highest BCUT2D eigenvalue weighted by atomic mass is 35.5. The molecule has 1 N–H and O–H groups in total. The maximum atomic E-state index is 11.4. The smallest absolute Gasteiger partial charge is 0.220 e. The zero-order valence-corrected chi connectivity index (χ0v) is 11.7. The summed E-state index contributed by atoms with van der Waals surface area (Å²) in [4.78, 5) is 13.8. The van der Waals surface area contributed by atoms with Crippen molar-refractivity contribution in [1.29, 1.82) is 0 Å². The van der Waals surface area contributed by atoms with Gasteiger partial charge in [0, 0.05) is 37.8 Å². The number of hydrogen-bond acceptors (Lipinski definition) is 3. The molecule has 0 atom stereocenters. The molecule has 5 nitrogen and oxygen atoms in total. The van der Waals surface area contributed by atoms with Gasteiger partial charge in [-0.3, -0.25) is 9.48 Å². The van der Waals surface area contributed by atoms with Crippen LogP contribution in [-0.2, 0) is 11.3 Å². The van der Waals surface area contributed by atoms with Crippen LogP contribution in [0.15, 0.2) is 12.4 Å². The van der Waals surface area contributed by atoms with E-state index in [0.29, 0.717) is 11.4 Å². The van der Waals surface area contributed by atoms with Gasteiger partial charge in [0.1, 0.15) is 0 Å². The Morgan fingerprint density at radius 3 is 2.68 bits per heavy atom. The molecular weight excluding hydrogens is 264 g/mol. The van der Waals surface area contributed by atoms with Gasteiger partial charge in [-0.2, -0.15) is 5.10 Å². The van der Waals surface area contributed by atoms with Crippen LogP contribution in [0.3, 0.4) is 0 Å². The highest BCUT2D eigenvalue weighted by Crippen LogP contribution is 2.31. The quantitative estimate of drug-likeness (QED) is 0.909. The van der Waals surface area contributed by atoms with Gasteiger partial charge in [0.15, 0.2) is 0 Å². The third kappa shape index (κ3) is 2.92. The van der Waals surface area contributed by atoms with E-state index in [9.17, 15) is 4.79 Å². The summed E-state index contributed by atoms with van der Waals surface area (Å²) in [6.45, 7) is 3.96.